The van der Waals surface area contributed by atoms with Gasteiger partial charge in [-0.25, -0.2) is 8.42 Å². The van der Waals surface area contributed by atoms with Crippen LogP contribution in [0.2, 0.25) is 0 Å². The Morgan fingerprint density at radius 1 is 1.31 bits per heavy atom. The van der Waals surface area contributed by atoms with E-state index in [4.69, 9.17) is 0 Å². The maximum Gasteiger partial charge on any atom is 0.229 e. The second kappa shape index (κ2) is 8.75. The molecular weight excluding hydrogens is 344 g/mol. The van der Waals surface area contributed by atoms with Crippen LogP contribution in [0.3, 0.4) is 0 Å². The molecule has 1 N–H and O–H groups in total. The highest BCUT2D eigenvalue weighted by Crippen LogP contribution is 2.40. The summed E-state index contributed by atoms with van der Waals surface area (Å²) in [5.41, 5.74) is 1.98. The average Bonchev–Trinajstić information content (AvgIpc) is 2.53. The number of unbranched alkanes of at least 4 members (excludes halogenated alkanes) is 1. The molecule has 1 heterocycles. The van der Waals surface area contributed by atoms with Crippen molar-refractivity contribution >= 4 is 15.7 Å². The summed E-state index contributed by atoms with van der Waals surface area (Å²) in [7, 11) is -3.24. The van der Waals surface area contributed by atoms with Crippen molar-refractivity contribution in [2.45, 2.75) is 58.8 Å². The van der Waals surface area contributed by atoms with E-state index < -0.39 is 10.0 Å². The van der Waals surface area contributed by atoms with Crippen LogP contribution in [0.5, 0.6) is 0 Å². The van der Waals surface area contributed by atoms with Gasteiger partial charge in [-0.2, -0.15) is 0 Å². The highest BCUT2D eigenvalue weighted by Gasteiger charge is 2.37. The third-order valence-electron chi connectivity index (χ3n) is 5.90. The largest absolute Gasteiger partial charge is 0.303 e. The van der Waals surface area contributed by atoms with Gasteiger partial charge in [-0.3, -0.25) is 4.72 Å². The highest BCUT2D eigenvalue weighted by molar-refractivity contribution is 7.92. The Hall–Kier alpha value is -1.07. The van der Waals surface area contributed by atoms with Gasteiger partial charge in [0, 0.05) is 12.2 Å². The molecule has 0 saturated carbocycles. The molecule has 1 aliphatic rings. The molecule has 148 valence electrons. The third-order valence-corrected chi connectivity index (χ3v) is 6.50. The highest BCUT2D eigenvalue weighted by atomic mass is 32.2. The molecule has 26 heavy (non-hydrogen) atoms. The average molecular weight is 381 g/mol. The molecule has 0 spiro atoms. The molecule has 1 saturated heterocycles. The van der Waals surface area contributed by atoms with Crippen LogP contribution in [0.4, 0.5) is 5.69 Å². The Balaban J connectivity index is 1.99. The van der Waals surface area contributed by atoms with Crippen molar-refractivity contribution in [2.24, 2.45) is 11.8 Å². The number of hydrogen-bond acceptors (Lipinski definition) is 3. The first-order valence-corrected chi connectivity index (χ1v) is 11.8. The monoisotopic (exact) mass is 380 g/mol. The number of hydrogen-bond donors (Lipinski definition) is 1. The fraction of sp³-hybridized carbons (Fsp3) is 0.714. The Bertz CT molecular complexity index is 687. The second-order valence-electron chi connectivity index (χ2n) is 8.71. The number of piperidine rings is 1. The first kappa shape index (κ1) is 21.2. The van der Waals surface area contributed by atoms with Crippen LogP contribution >= 0.6 is 0 Å². The van der Waals surface area contributed by atoms with Crippen LogP contribution in [0.1, 0.15) is 58.9 Å². The van der Waals surface area contributed by atoms with E-state index in [0.29, 0.717) is 11.6 Å². The van der Waals surface area contributed by atoms with Gasteiger partial charge >= 0.3 is 0 Å². The molecule has 0 amide bonds. The number of rotatable bonds is 8. The first-order chi connectivity index (χ1) is 12.1. The van der Waals surface area contributed by atoms with Crippen molar-refractivity contribution in [1.82, 2.24) is 4.90 Å². The molecule has 5 heteroatoms. The standard InChI is InChI=1S/C21H36N2O2S/c1-17(2)9-6-7-13-23-14-12-21(4,18(3)16-23)19-10-8-11-20(15-19)22-26(5,24)25/h8,10-11,15,17-18,22H,6-7,9,12-14,16H2,1-5H3. The van der Waals surface area contributed by atoms with Crippen LogP contribution in [-0.2, 0) is 15.4 Å². The molecule has 2 atom stereocenters. The fourth-order valence-electron chi connectivity index (χ4n) is 3.99. The van der Waals surface area contributed by atoms with Crippen LogP contribution in [0.25, 0.3) is 0 Å². The summed E-state index contributed by atoms with van der Waals surface area (Å²) in [4.78, 5) is 2.60. The smallest absolute Gasteiger partial charge is 0.229 e. The van der Waals surface area contributed by atoms with Gasteiger partial charge in [-0.1, -0.05) is 52.7 Å². The molecule has 0 bridgehead atoms. The summed E-state index contributed by atoms with van der Waals surface area (Å²) in [6.07, 6.45) is 6.23. The minimum absolute atomic E-state index is 0.0869. The summed E-state index contributed by atoms with van der Waals surface area (Å²) in [5.74, 6) is 1.33. The van der Waals surface area contributed by atoms with Crippen LogP contribution in [0.15, 0.2) is 24.3 Å². The predicted molar refractivity (Wildman–Crippen MR) is 111 cm³/mol. The Morgan fingerprint density at radius 3 is 2.65 bits per heavy atom. The van der Waals surface area contributed by atoms with Gasteiger partial charge in [0.25, 0.3) is 0 Å². The summed E-state index contributed by atoms with van der Waals surface area (Å²) >= 11 is 0. The summed E-state index contributed by atoms with van der Waals surface area (Å²) < 4.78 is 25.7. The number of nitrogens with zero attached hydrogens (tertiary/aromatic N) is 1. The van der Waals surface area contributed by atoms with Gasteiger partial charge in [0.05, 0.1) is 6.26 Å². The third kappa shape index (κ3) is 5.98. The van der Waals surface area contributed by atoms with E-state index in [1.54, 1.807) is 0 Å². The number of nitrogens with one attached hydrogen (secondary N) is 1. The molecule has 0 aliphatic carbocycles. The predicted octanol–water partition coefficient (Wildman–Crippen LogP) is 4.48. The van der Waals surface area contributed by atoms with Crippen LogP contribution in [-0.4, -0.2) is 39.2 Å². The number of likely N-dealkylation sites (tertiary alicyclic amines) is 1. The quantitative estimate of drug-likeness (QED) is 0.676. The van der Waals surface area contributed by atoms with E-state index in [1.807, 2.05) is 18.2 Å². The lowest BCUT2D eigenvalue weighted by Gasteiger charge is -2.45. The lowest BCUT2D eigenvalue weighted by molar-refractivity contribution is 0.109. The molecule has 0 aromatic heterocycles. The van der Waals surface area contributed by atoms with Crippen LogP contribution in [0, 0.1) is 11.8 Å². The van der Waals surface area contributed by atoms with Gasteiger partial charge in [-0.05, 0) is 60.9 Å². The molecule has 2 unspecified atom stereocenters. The molecule has 1 fully saturated rings. The molecule has 0 radical (unpaired) electrons. The van der Waals surface area contributed by atoms with Crippen molar-refractivity contribution in [3.8, 4) is 0 Å². The van der Waals surface area contributed by atoms with Gasteiger partial charge in [0.1, 0.15) is 0 Å². The van der Waals surface area contributed by atoms with E-state index in [0.717, 1.165) is 25.4 Å². The summed E-state index contributed by atoms with van der Waals surface area (Å²) in [5, 5.41) is 0. The first-order valence-electron chi connectivity index (χ1n) is 9.91. The lowest BCUT2D eigenvalue weighted by atomic mass is 9.68. The van der Waals surface area contributed by atoms with Crippen molar-refractivity contribution in [3.63, 3.8) is 0 Å². The van der Waals surface area contributed by atoms with E-state index in [-0.39, 0.29) is 5.41 Å². The Morgan fingerprint density at radius 2 is 2.04 bits per heavy atom. The number of sulfonamides is 1. The van der Waals surface area contributed by atoms with E-state index in [2.05, 4.69) is 43.4 Å². The van der Waals surface area contributed by atoms with Crippen molar-refractivity contribution < 1.29 is 8.42 Å². The lowest BCUT2D eigenvalue weighted by Crippen LogP contribution is -2.47. The molecule has 1 aliphatic heterocycles. The summed E-state index contributed by atoms with van der Waals surface area (Å²) in [6, 6.07) is 7.93. The zero-order chi connectivity index (χ0) is 19.4. The molecular formula is C21H36N2O2S. The number of benzene rings is 1. The summed E-state index contributed by atoms with van der Waals surface area (Å²) in [6.45, 7) is 12.7. The maximum absolute atomic E-state index is 11.5. The molecule has 2 rings (SSSR count). The van der Waals surface area contributed by atoms with Gasteiger partial charge < -0.3 is 4.90 Å². The minimum atomic E-state index is -3.24. The minimum Gasteiger partial charge on any atom is -0.303 e. The fourth-order valence-corrected chi connectivity index (χ4v) is 4.54. The molecule has 4 nitrogen and oxygen atoms in total. The van der Waals surface area contributed by atoms with E-state index in [1.165, 1.54) is 37.6 Å². The Labute approximate surface area is 160 Å². The molecule has 1 aromatic carbocycles. The van der Waals surface area contributed by atoms with Gasteiger partial charge in [0.15, 0.2) is 0 Å². The SMILES string of the molecule is CC(C)CCCCN1CCC(C)(c2cccc(NS(C)(=O)=O)c2)C(C)C1. The second-order valence-corrected chi connectivity index (χ2v) is 10.5. The zero-order valence-corrected chi connectivity index (χ0v) is 17.9. The van der Waals surface area contributed by atoms with Gasteiger partial charge in [0.2, 0.25) is 10.0 Å². The Kier molecular flexibility index (Phi) is 7.14. The van der Waals surface area contributed by atoms with Crippen molar-refractivity contribution in [3.05, 3.63) is 29.8 Å². The number of anilines is 1. The van der Waals surface area contributed by atoms with E-state index >= 15 is 0 Å². The van der Waals surface area contributed by atoms with Crippen LogP contribution < -0.4 is 4.72 Å². The van der Waals surface area contributed by atoms with E-state index in [9.17, 15) is 8.42 Å². The van der Waals surface area contributed by atoms with Crippen molar-refractivity contribution in [1.29, 1.82) is 0 Å². The molecule has 1 aromatic rings. The van der Waals surface area contributed by atoms with Crippen molar-refractivity contribution in [2.75, 3.05) is 30.6 Å². The zero-order valence-electron chi connectivity index (χ0n) is 17.1. The topological polar surface area (TPSA) is 49.4 Å². The maximum atomic E-state index is 11.5. The normalized spacial score (nSPS) is 24.8. The van der Waals surface area contributed by atoms with Gasteiger partial charge in [-0.15, -0.1) is 0 Å².